The van der Waals surface area contributed by atoms with E-state index in [0.29, 0.717) is 34.1 Å². The zero-order valence-corrected chi connectivity index (χ0v) is 16.6. The van der Waals surface area contributed by atoms with Crippen LogP contribution >= 0.6 is 0 Å². The van der Waals surface area contributed by atoms with Crippen molar-refractivity contribution in [3.05, 3.63) is 47.8 Å². The molecule has 9 heteroatoms. The maximum atomic E-state index is 9.77. The first kappa shape index (κ1) is 19.3. The number of pyridine rings is 1. The van der Waals surface area contributed by atoms with E-state index < -0.39 is 11.8 Å². The molecule has 0 saturated carbocycles. The lowest BCUT2D eigenvalue weighted by molar-refractivity contribution is 0.324. The Labute approximate surface area is 172 Å². The fourth-order valence-corrected chi connectivity index (χ4v) is 3.68. The lowest BCUT2D eigenvalue weighted by Gasteiger charge is -2.28. The summed E-state index contributed by atoms with van der Waals surface area (Å²) in [5.41, 5.74) is 2.79. The predicted molar refractivity (Wildman–Crippen MR) is 107 cm³/mol. The quantitative estimate of drug-likeness (QED) is 0.668. The van der Waals surface area contributed by atoms with Gasteiger partial charge in [-0.3, -0.25) is 15.5 Å². The average molecular weight is 405 g/mol. The van der Waals surface area contributed by atoms with Gasteiger partial charge in [-0.2, -0.15) is 5.26 Å². The van der Waals surface area contributed by atoms with Gasteiger partial charge in [0.2, 0.25) is 17.5 Å². The number of benzene rings is 1. The third-order valence-corrected chi connectivity index (χ3v) is 5.04. The lowest BCUT2D eigenvalue weighted by atomic mass is 9.79. The van der Waals surface area contributed by atoms with Crippen LogP contribution in [0.1, 0.15) is 17.0 Å². The number of rotatable bonds is 5. The molecule has 152 valence electrons. The summed E-state index contributed by atoms with van der Waals surface area (Å²) in [4.78, 5) is 4.18. The van der Waals surface area contributed by atoms with E-state index >= 15 is 0 Å². The van der Waals surface area contributed by atoms with Crippen LogP contribution in [0.4, 0.5) is 0 Å². The summed E-state index contributed by atoms with van der Waals surface area (Å²) in [7, 11) is 4.61. The van der Waals surface area contributed by atoms with Crippen LogP contribution in [-0.4, -0.2) is 42.4 Å². The smallest absolute Gasteiger partial charge is 0.244 e. The van der Waals surface area contributed by atoms with Crippen molar-refractivity contribution in [3.8, 4) is 40.5 Å². The Morgan fingerprint density at radius 3 is 2.47 bits per heavy atom. The Kier molecular flexibility index (Phi) is 4.98. The molecule has 0 saturated heterocycles. The van der Waals surface area contributed by atoms with Crippen molar-refractivity contribution < 1.29 is 18.9 Å². The molecular weight excluding hydrogens is 386 g/mol. The van der Waals surface area contributed by atoms with Gasteiger partial charge >= 0.3 is 0 Å². The van der Waals surface area contributed by atoms with Crippen LogP contribution < -0.4 is 18.9 Å². The van der Waals surface area contributed by atoms with Crippen molar-refractivity contribution in [3.63, 3.8) is 0 Å². The Hall–Kier alpha value is -4.06. The van der Waals surface area contributed by atoms with Gasteiger partial charge in [0.05, 0.1) is 38.7 Å². The highest BCUT2D eigenvalue weighted by atomic mass is 16.5. The highest BCUT2D eigenvalue weighted by molar-refractivity contribution is 5.87. The first-order valence-corrected chi connectivity index (χ1v) is 9.07. The predicted octanol–water partition coefficient (Wildman–Crippen LogP) is 3.14. The van der Waals surface area contributed by atoms with Gasteiger partial charge < -0.3 is 18.9 Å². The minimum atomic E-state index is -0.819. The van der Waals surface area contributed by atoms with E-state index in [1.807, 2.05) is 6.07 Å². The zero-order valence-electron chi connectivity index (χ0n) is 16.6. The molecule has 0 aliphatic carbocycles. The molecule has 2 unspecified atom stereocenters. The highest BCUT2D eigenvalue weighted by Crippen LogP contribution is 2.48. The molecule has 0 amide bonds. The summed E-state index contributed by atoms with van der Waals surface area (Å²) in [5.74, 6) is 0.233. The number of H-pyrrole nitrogens is 1. The van der Waals surface area contributed by atoms with E-state index in [1.54, 1.807) is 30.6 Å². The number of nitriles is 1. The van der Waals surface area contributed by atoms with Gasteiger partial charge in [0.15, 0.2) is 11.5 Å². The Morgan fingerprint density at radius 1 is 1.17 bits per heavy atom. The minimum Gasteiger partial charge on any atom is -0.493 e. The van der Waals surface area contributed by atoms with E-state index in [0.717, 1.165) is 5.56 Å². The van der Waals surface area contributed by atoms with E-state index in [9.17, 15) is 5.26 Å². The second-order valence-corrected chi connectivity index (χ2v) is 6.57. The Balaban J connectivity index is 1.95. The maximum absolute atomic E-state index is 9.77. The topological polar surface area (TPSA) is 126 Å². The molecule has 0 spiro atoms. The highest BCUT2D eigenvalue weighted by Gasteiger charge is 2.41. The molecule has 4 rings (SSSR count). The van der Waals surface area contributed by atoms with Crippen LogP contribution in [0.25, 0.3) is 11.3 Å². The number of aromatic amines is 1. The molecule has 9 nitrogen and oxygen atoms in total. The van der Waals surface area contributed by atoms with Gasteiger partial charge in [0, 0.05) is 23.9 Å². The third kappa shape index (κ3) is 2.99. The van der Waals surface area contributed by atoms with Gasteiger partial charge in [-0.05, 0) is 23.8 Å². The first-order chi connectivity index (χ1) is 14.6. The summed E-state index contributed by atoms with van der Waals surface area (Å²) in [6.07, 6.45) is 3.34. The van der Waals surface area contributed by atoms with E-state index in [4.69, 9.17) is 24.4 Å². The number of ether oxygens (including phenoxy) is 4. The van der Waals surface area contributed by atoms with Gasteiger partial charge in [-0.1, -0.05) is 6.07 Å². The zero-order chi connectivity index (χ0) is 21.3. The molecule has 3 heterocycles. The summed E-state index contributed by atoms with van der Waals surface area (Å²) >= 11 is 0. The van der Waals surface area contributed by atoms with Crippen LogP contribution in [0.3, 0.4) is 0 Å². The molecule has 0 fully saturated rings. The summed E-state index contributed by atoms with van der Waals surface area (Å²) in [6.45, 7) is 0. The molecule has 30 heavy (non-hydrogen) atoms. The van der Waals surface area contributed by atoms with Crippen LogP contribution in [0, 0.1) is 22.7 Å². The number of hydrogen-bond acceptors (Lipinski definition) is 8. The number of methoxy groups -OCH3 is 3. The monoisotopic (exact) mass is 405 g/mol. The average Bonchev–Trinajstić information content (AvgIpc) is 3.20. The second kappa shape index (κ2) is 7.75. The van der Waals surface area contributed by atoms with Crippen molar-refractivity contribution in [1.29, 1.82) is 10.7 Å². The lowest BCUT2D eigenvalue weighted by Crippen LogP contribution is -2.30. The number of aromatic nitrogens is 3. The molecule has 3 aromatic rings. The third-order valence-electron chi connectivity index (χ3n) is 5.04. The summed E-state index contributed by atoms with van der Waals surface area (Å²) < 4.78 is 21.9. The number of fused-ring (bicyclic) bond motifs is 1. The number of nitrogens with one attached hydrogen (secondary N) is 2. The molecule has 2 N–H and O–H groups in total. The van der Waals surface area contributed by atoms with E-state index in [-0.39, 0.29) is 11.8 Å². The fraction of sp³-hybridized carbons (Fsp3) is 0.238. The molecule has 0 radical (unpaired) electrons. The fourth-order valence-electron chi connectivity index (χ4n) is 3.68. The van der Waals surface area contributed by atoms with Crippen LogP contribution in [0.2, 0.25) is 0 Å². The molecule has 2 aromatic heterocycles. The number of hydrogen-bond donors (Lipinski definition) is 2. The molecular formula is C21H19N5O4. The summed E-state index contributed by atoms with van der Waals surface area (Å²) in [6, 6.07) is 9.43. The number of nitrogens with zero attached hydrogens (tertiary/aromatic N) is 3. The van der Waals surface area contributed by atoms with Crippen molar-refractivity contribution >= 4 is 5.90 Å². The van der Waals surface area contributed by atoms with Gasteiger partial charge in [-0.15, -0.1) is 5.10 Å². The molecule has 1 aliphatic heterocycles. The molecule has 1 aromatic carbocycles. The summed E-state index contributed by atoms with van der Waals surface area (Å²) in [5, 5.41) is 25.2. The second-order valence-electron chi connectivity index (χ2n) is 6.57. The molecule has 0 bridgehead atoms. The maximum Gasteiger partial charge on any atom is 0.244 e. The largest absolute Gasteiger partial charge is 0.493 e. The van der Waals surface area contributed by atoms with E-state index in [2.05, 4.69) is 21.3 Å². The van der Waals surface area contributed by atoms with Crippen molar-refractivity contribution in [2.75, 3.05) is 21.3 Å². The van der Waals surface area contributed by atoms with E-state index in [1.165, 1.54) is 21.3 Å². The van der Waals surface area contributed by atoms with Gasteiger partial charge in [-0.25, -0.2) is 0 Å². The molecule has 1 aliphatic rings. The van der Waals surface area contributed by atoms with Crippen LogP contribution in [-0.2, 0) is 0 Å². The Bertz CT molecular complexity index is 1110. The van der Waals surface area contributed by atoms with Crippen molar-refractivity contribution in [2.45, 2.75) is 5.92 Å². The minimum absolute atomic E-state index is 0.151. The van der Waals surface area contributed by atoms with Crippen LogP contribution in [0.15, 0.2) is 36.7 Å². The standard InChI is InChI=1S/C21H19N5O4/c1-27-14-7-12(8-15(28-2)19(14)29-3)18-17-16(11-5-4-6-24-10-11)13(9-22)20(23)30-21(17)26-25-18/h4-8,10,13,16,23H,1-3H3,(H,25,26). The molecule has 2 atom stereocenters. The Morgan fingerprint density at radius 2 is 1.90 bits per heavy atom. The first-order valence-electron chi connectivity index (χ1n) is 9.07. The SMILES string of the molecule is COc1cc(-c2[nH]nc3c2C(c2cccnc2)C(C#N)C(=N)O3)cc(OC)c1OC. The normalized spacial score (nSPS) is 17.5. The van der Waals surface area contributed by atoms with Gasteiger partial charge in [0.25, 0.3) is 0 Å². The van der Waals surface area contributed by atoms with Crippen molar-refractivity contribution in [1.82, 2.24) is 15.2 Å². The van der Waals surface area contributed by atoms with Crippen LogP contribution in [0.5, 0.6) is 23.1 Å². The van der Waals surface area contributed by atoms with Crippen molar-refractivity contribution in [2.24, 2.45) is 5.92 Å². The van der Waals surface area contributed by atoms with Gasteiger partial charge in [0.1, 0.15) is 5.92 Å².